The molecule has 1 aromatic carbocycles. The van der Waals surface area contributed by atoms with Crippen LogP contribution in [0.25, 0.3) is 0 Å². The molecule has 0 unspecified atom stereocenters. The molecule has 0 bridgehead atoms. The van der Waals surface area contributed by atoms with E-state index in [1.165, 1.54) is 30.4 Å². The topological polar surface area (TPSA) is 64.1 Å². The van der Waals surface area contributed by atoms with Gasteiger partial charge in [-0.3, -0.25) is 4.79 Å². The Morgan fingerprint density at radius 3 is 2.95 bits per heavy atom. The van der Waals surface area contributed by atoms with Crippen molar-refractivity contribution in [2.24, 2.45) is 0 Å². The van der Waals surface area contributed by atoms with Gasteiger partial charge in [0.05, 0.1) is 18.7 Å². The number of anilines is 1. The van der Waals surface area contributed by atoms with Crippen LogP contribution in [0.4, 0.5) is 5.13 Å². The zero-order chi connectivity index (χ0) is 14.5. The molecule has 8 heteroatoms. The third-order valence-corrected chi connectivity index (χ3v) is 4.10. The SMILES string of the molecule is COc1ccc(C(=O)CNc2nc(SC)ns2)cc1Cl. The number of halogens is 1. The molecule has 0 aliphatic rings. The molecule has 0 aliphatic heterocycles. The Bertz CT molecular complexity index is 618. The second-order valence-corrected chi connectivity index (χ2v) is 5.64. The smallest absolute Gasteiger partial charge is 0.203 e. The van der Waals surface area contributed by atoms with Crippen LogP contribution in [0.1, 0.15) is 10.4 Å². The second-order valence-electron chi connectivity index (χ2n) is 3.71. The summed E-state index contributed by atoms with van der Waals surface area (Å²) in [6.07, 6.45) is 1.90. The molecule has 0 amide bonds. The number of thioether (sulfide) groups is 1. The number of ether oxygens (including phenoxy) is 1. The molecule has 0 saturated carbocycles. The van der Waals surface area contributed by atoms with E-state index in [9.17, 15) is 4.79 Å². The van der Waals surface area contributed by atoms with Gasteiger partial charge in [0.2, 0.25) is 10.3 Å². The van der Waals surface area contributed by atoms with Gasteiger partial charge in [0, 0.05) is 17.1 Å². The maximum atomic E-state index is 12.0. The number of carbonyl (C=O) groups is 1. The molecular weight excluding hydrogens is 318 g/mol. The van der Waals surface area contributed by atoms with E-state index in [0.29, 0.717) is 26.6 Å². The van der Waals surface area contributed by atoms with Crippen molar-refractivity contribution in [1.29, 1.82) is 0 Å². The normalized spacial score (nSPS) is 10.3. The summed E-state index contributed by atoms with van der Waals surface area (Å²) in [4.78, 5) is 16.2. The molecule has 5 nitrogen and oxygen atoms in total. The van der Waals surface area contributed by atoms with Crippen molar-refractivity contribution in [3.63, 3.8) is 0 Å². The largest absolute Gasteiger partial charge is 0.495 e. The van der Waals surface area contributed by atoms with Crippen LogP contribution >= 0.6 is 34.9 Å². The van der Waals surface area contributed by atoms with Crippen molar-refractivity contribution in [2.45, 2.75) is 5.16 Å². The minimum absolute atomic E-state index is 0.0737. The Hall–Kier alpha value is -1.31. The van der Waals surface area contributed by atoms with E-state index in [2.05, 4.69) is 14.7 Å². The van der Waals surface area contributed by atoms with Gasteiger partial charge >= 0.3 is 0 Å². The van der Waals surface area contributed by atoms with Crippen LogP contribution in [0.15, 0.2) is 23.4 Å². The van der Waals surface area contributed by atoms with E-state index in [-0.39, 0.29) is 12.3 Å². The first-order chi connectivity index (χ1) is 9.63. The van der Waals surface area contributed by atoms with Gasteiger partial charge < -0.3 is 10.1 Å². The Balaban J connectivity index is 1.99. The Labute approximate surface area is 129 Å². The molecule has 0 fully saturated rings. The lowest BCUT2D eigenvalue weighted by molar-refractivity contribution is 0.101. The number of nitrogens with zero attached hydrogens (tertiary/aromatic N) is 2. The monoisotopic (exact) mass is 329 g/mol. The highest BCUT2D eigenvalue weighted by atomic mass is 35.5. The number of nitrogens with one attached hydrogen (secondary N) is 1. The minimum Gasteiger partial charge on any atom is -0.495 e. The molecule has 0 aliphatic carbocycles. The Kier molecular flexibility index (Phi) is 5.22. The summed E-state index contributed by atoms with van der Waals surface area (Å²) in [5.41, 5.74) is 0.526. The fourth-order valence-corrected chi connectivity index (χ4v) is 2.84. The quantitative estimate of drug-likeness (QED) is 0.648. The lowest BCUT2D eigenvalue weighted by Crippen LogP contribution is -2.13. The highest BCUT2D eigenvalue weighted by molar-refractivity contribution is 7.98. The van der Waals surface area contributed by atoms with E-state index >= 15 is 0 Å². The summed E-state index contributed by atoms with van der Waals surface area (Å²) in [6, 6.07) is 4.95. The number of hydrogen-bond donors (Lipinski definition) is 1. The van der Waals surface area contributed by atoms with Crippen LogP contribution in [0.5, 0.6) is 5.75 Å². The molecule has 106 valence electrons. The average Bonchev–Trinajstić information content (AvgIpc) is 2.92. The number of carbonyl (C=O) groups excluding carboxylic acids is 1. The van der Waals surface area contributed by atoms with E-state index in [0.717, 1.165) is 0 Å². The molecule has 1 heterocycles. The number of methoxy groups -OCH3 is 1. The van der Waals surface area contributed by atoms with Gasteiger partial charge in [0.15, 0.2) is 5.78 Å². The number of rotatable bonds is 6. The third-order valence-electron chi connectivity index (χ3n) is 2.46. The summed E-state index contributed by atoms with van der Waals surface area (Å²) in [5.74, 6) is 0.473. The summed E-state index contributed by atoms with van der Waals surface area (Å²) >= 11 is 8.68. The van der Waals surface area contributed by atoms with Crippen LogP contribution in [0.2, 0.25) is 5.02 Å². The first-order valence-corrected chi connectivity index (χ1v) is 8.00. The molecule has 0 saturated heterocycles. The Morgan fingerprint density at radius 2 is 2.35 bits per heavy atom. The third kappa shape index (κ3) is 3.62. The summed E-state index contributed by atoms with van der Waals surface area (Å²) < 4.78 is 9.15. The van der Waals surface area contributed by atoms with Crippen LogP contribution < -0.4 is 10.1 Å². The fourth-order valence-electron chi connectivity index (χ4n) is 1.46. The van der Waals surface area contributed by atoms with Crippen molar-refractivity contribution in [3.8, 4) is 5.75 Å². The number of aromatic nitrogens is 2. The zero-order valence-corrected chi connectivity index (χ0v) is 13.2. The van der Waals surface area contributed by atoms with Crippen molar-refractivity contribution in [3.05, 3.63) is 28.8 Å². The van der Waals surface area contributed by atoms with Gasteiger partial charge in [0.25, 0.3) is 0 Å². The standard InChI is InChI=1S/C12H12ClN3O2S2/c1-18-10-4-3-7(5-8(10)13)9(17)6-14-11-15-12(19-2)16-20-11/h3-5H,6H2,1-2H3,(H,14,15,16). The average molecular weight is 330 g/mol. The molecule has 1 N–H and O–H groups in total. The van der Waals surface area contributed by atoms with E-state index in [4.69, 9.17) is 16.3 Å². The van der Waals surface area contributed by atoms with Gasteiger partial charge in [-0.2, -0.15) is 9.36 Å². The van der Waals surface area contributed by atoms with Crippen molar-refractivity contribution in [2.75, 3.05) is 25.2 Å². The number of hydrogen-bond acceptors (Lipinski definition) is 7. The van der Waals surface area contributed by atoms with E-state index in [1.54, 1.807) is 18.2 Å². The van der Waals surface area contributed by atoms with Crippen molar-refractivity contribution >= 4 is 45.8 Å². The molecule has 2 aromatic rings. The molecule has 0 atom stereocenters. The lowest BCUT2D eigenvalue weighted by Gasteiger charge is -2.06. The molecule has 20 heavy (non-hydrogen) atoms. The van der Waals surface area contributed by atoms with Crippen LogP contribution in [-0.2, 0) is 0 Å². The van der Waals surface area contributed by atoms with Gasteiger partial charge in [0.1, 0.15) is 5.75 Å². The van der Waals surface area contributed by atoms with Crippen molar-refractivity contribution in [1.82, 2.24) is 9.36 Å². The van der Waals surface area contributed by atoms with Gasteiger partial charge in [-0.25, -0.2) is 0 Å². The number of benzene rings is 1. The van der Waals surface area contributed by atoms with Crippen LogP contribution in [-0.4, -0.2) is 35.1 Å². The fraction of sp³-hybridized carbons (Fsp3) is 0.250. The van der Waals surface area contributed by atoms with Gasteiger partial charge in [-0.1, -0.05) is 23.4 Å². The first-order valence-electron chi connectivity index (χ1n) is 5.62. The maximum absolute atomic E-state index is 12.0. The summed E-state index contributed by atoms with van der Waals surface area (Å²) in [6.45, 7) is 0.145. The number of Topliss-reactive ketones (excluding diaryl/α,β-unsaturated/α-hetero) is 1. The zero-order valence-electron chi connectivity index (χ0n) is 10.8. The predicted molar refractivity (Wildman–Crippen MR) is 82.5 cm³/mol. The van der Waals surface area contributed by atoms with Crippen molar-refractivity contribution < 1.29 is 9.53 Å². The first kappa shape index (κ1) is 15.1. The van der Waals surface area contributed by atoms with E-state index < -0.39 is 0 Å². The molecule has 0 radical (unpaired) electrons. The Morgan fingerprint density at radius 1 is 1.55 bits per heavy atom. The molecule has 1 aromatic heterocycles. The van der Waals surface area contributed by atoms with Crippen LogP contribution in [0.3, 0.4) is 0 Å². The van der Waals surface area contributed by atoms with Crippen LogP contribution in [0, 0.1) is 0 Å². The van der Waals surface area contributed by atoms with Gasteiger partial charge in [-0.15, -0.1) is 0 Å². The molecular formula is C12H12ClN3O2S2. The highest BCUT2D eigenvalue weighted by Crippen LogP contribution is 2.25. The minimum atomic E-state index is -0.0737. The van der Waals surface area contributed by atoms with Gasteiger partial charge in [-0.05, 0) is 24.5 Å². The molecule has 2 rings (SSSR count). The highest BCUT2D eigenvalue weighted by Gasteiger charge is 2.10. The lowest BCUT2D eigenvalue weighted by atomic mass is 10.1. The maximum Gasteiger partial charge on any atom is 0.203 e. The molecule has 0 spiro atoms. The predicted octanol–water partition coefficient (Wildman–Crippen LogP) is 3.22. The summed E-state index contributed by atoms with van der Waals surface area (Å²) in [5, 5.41) is 4.69. The van der Waals surface area contributed by atoms with E-state index in [1.807, 2.05) is 6.26 Å². The number of ketones is 1. The second kappa shape index (κ2) is 6.92. The summed E-state index contributed by atoms with van der Waals surface area (Å²) in [7, 11) is 1.53.